The molecule has 0 radical (unpaired) electrons. The quantitative estimate of drug-likeness (QED) is 0.389. The Kier molecular flexibility index (Phi) is 6.86. The second-order valence-electron chi connectivity index (χ2n) is 7.44. The lowest BCUT2D eigenvalue weighted by Gasteiger charge is -2.12. The molecule has 164 valence electrons. The van der Waals surface area contributed by atoms with Gasteiger partial charge in [0.2, 0.25) is 0 Å². The zero-order chi connectivity index (χ0) is 22.3. The summed E-state index contributed by atoms with van der Waals surface area (Å²) in [5, 5.41) is 22.9. The Morgan fingerprint density at radius 2 is 2.06 bits per heavy atom. The predicted octanol–water partition coefficient (Wildman–Crippen LogP) is 4.26. The molecule has 32 heavy (non-hydrogen) atoms. The zero-order valence-electron chi connectivity index (χ0n) is 17.8. The predicted molar refractivity (Wildman–Crippen MR) is 123 cm³/mol. The molecule has 0 aliphatic carbocycles. The molecule has 0 aliphatic rings. The molecule has 0 saturated heterocycles. The fourth-order valence-electron chi connectivity index (χ4n) is 3.45. The number of carboxylic acid groups (broad SMARTS) is 1. The Hall–Kier alpha value is -3.59. The molecule has 0 spiro atoms. The molecule has 0 saturated carbocycles. The van der Waals surface area contributed by atoms with Crippen LogP contribution in [0.25, 0.3) is 11.8 Å². The average Bonchev–Trinajstić information content (AvgIpc) is 3.56. The summed E-state index contributed by atoms with van der Waals surface area (Å²) in [5.41, 5.74) is 3.20. The molecule has 9 heteroatoms. The number of aryl methyl sites for hydroxylation is 1. The number of aromatic nitrogens is 6. The van der Waals surface area contributed by atoms with Crippen molar-refractivity contribution in [3.05, 3.63) is 81.8 Å². The largest absolute Gasteiger partial charge is 0.478 e. The lowest BCUT2D eigenvalue weighted by Crippen LogP contribution is -2.09. The number of carbonyl (C=O) groups is 1. The van der Waals surface area contributed by atoms with Crippen LogP contribution in [0.4, 0.5) is 0 Å². The molecule has 0 unspecified atom stereocenters. The summed E-state index contributed by atoms with van der Waals surface area (Å²) in [4.78, 5) is 17.1. The number of unbranched alkanes of at least 4 members (excludes halogenated alkanes) is 1. The fourth-order valence-corrected chi connectivity index (χ4v) is 4.17. The lowest BCUT2D eigenvalue weighted by atomic mass is 10.1. The molecule has 4 aromatic rings. The van der Waals surface area contributed by atoms with Crippen LogP contribution < -0.4 is 0 Å². The van der Waals surface area contributed by atoms with Gasteiger partial charge in [-0.25, -0.2) is 14.5 Å². The number of hydrogen-bond donors (Lipinski definition) is 1. The van der Waals surface area contributed by atoms with Gasteiger partial charge in [-0.3, -0.25) is 0 Å². The van der Waals surface area contributed by atoms with Crippen LogP contribution in [0.2, 0.25) is 0 Å². The first kappa shape index (κ1) is 21.6. The number of aromatic carboxylic acids is 1. The topological polar surface area (TPSA) is 98.7 Å². The summed E-state index contributed by atoms with van der Waals surface area (Å²) in [7, 11) is 0. The molecule has 1 N–H and O–H groups in total. The Labute approximate surface area is 189 Å². The standard InChI is InChI=1S/C23H24N6O2S/c1-2-3-6-22-24-14-20(28(22)15-17-7-9-18(10-8-17)23(30)31)12-19(29-16-25-26-27-29)13-21-5-4-11-32-21/h4-5,7-12,14,16H,2-3,6,13,15H2,1H3,(H,30,31)/b19-12+. The number of benzene rings is 1. The van der Waals surface area contributed by atoms with Crippen LogP contribution in [0, 0.1) is 0 Å². The van der Waals surface area contributed by atoms with E-state index >= 15 is 0 Å². The van der Waals surface area contributed by atoms with E-state index in [1.165, 1.54) is 4.88 Å². The van der Waals surface area contributed by atoms with Crippen LogP contribution in [-0.2, 0) is 19.4 Å². The second-order valence-corrected chi connectivity index (χ2v) is 8.47. The van der Waals surface area contributed by atoms with E-state index in [1.807, 2.05) is 24.4 Å². The van der Waals surface area contributed by atoms with Crippen LogP contribution >= 0.6 is 11.3 Å². The van der Waals surface area contributed by atoms with Gasteiger partial charge in [0.25, 0.3) is 0 Å². The molecule has 1 aromatic carbocycles. The van der Waals surface area contributed by atoms with Gasteiger partial charge in [0, 0.05) is 24.3 Å². The highest BCUT2D eigenvalue weighted by atomic mass is 32.1. The van der Waals surface area contributed by atoms with E-state index in [4.69, 9.17) is 4.98 Å². The van der Waals surface area contributed by atoms with Gasteiger partial charge in [-0.15, -0.1) is 16.4 Å². The summed E-state index contributed by atoms with van der Waals surface area (Å²) in [5.74, 6) is 0.0821. The van der Waals surface area contributed by atoms with E-state index in [9.17, 15) is 9.90 Å². The summed E-state index contributed by atoms with van der Waals surface area (Å²) >= 11 is 1.69. The number of nitrogens with zero attached hydrogens (tertiary/aromatic N) is 6. The van der Waals surface area contributed by atoms with Gasteiger partial charge in [-0.2, -0.15) is 0 Å². The van der Waals surface area contributed by atoms with Crippen molar-refractivity contribution in [2.45, 2.75) is 39.2 Å². The number of carboxylic acids is 1. The smallest absolute Gasteiger partial charge is 0.335 e. The summed E-state index contributed by atoms with van der Waals surface area (Å²) < 4.78 is 3.87. The summed E-state index contributed by atoms with van der Waals surface area (Å²) in [6, 6.07) is 11.1. The molecule has 0 atom stereocenters. The summed E-state index contributed by atoms with van der Waals surface area (Å²) in [6.45, 7) is 2.77. The first-order chi connectivity index (χ1) is 15.6. The third-order valence-electron chi connectivity index (χ3n) is 5.16. The van der Waals surface area contributed by atoms with E-state index in [2.05, 4.69) is 44.5 Å². The van der Waals surface area contributed by atoms with Crippen molar-refractivity contribution >= 4 is 29.1 Å². The van der Waals surface area contributed by atoms with Crippen molar-refractivity contribution in [3.63, 3.8) is 0 Å². The second kappa shape index (κ2) is 10.1. The molecule has 8 nitrogen and oxygen atoms in total. The SMILES string of the molecule is CCCCc1ncc(/C=C(\Cc2cccs2)n2cnnn2)n1Cc1ccc(C(=O)O)cc1. The Morgan fingerprint density at radius 1 is 1.22 bits per heavy atom. The van der Waals surface area contributed by atoms with Crippen molar-refractivity contribution in [1.82, 2.24) is 29.8 Å². The summed E-state index contributed by atoms with van der Waals surface area (Å²) in [6.07, 6.45) is 9.27. The van der Waals surface area contributed by atoms with Crippen molar-refractivity contribution in [2.75, 3.05) is 0 Å². The maximum absolute atomic E-state index is 11.2. The Morgan fingerprint density at radius 3 is 2.72 bits per heavy atom. The third-order valence-corrected chi connectivity index (χ3v) is 6.03. The molecular weight excluding hydrogens is 424 g/mol. The van der Waals surface area contributed by atoms with Gasteiger partial charge < -0.3 is 9.67 Å². The molecule has 3 heterocycles. The monoisotopic (exact) mass is 448 g/mol. The minimum absolute atomic E-state index is 0.280. The average molecular weight is 449 g/mol. The molecule has 0 amide bonds. The van der Waals surface area contributed by atoms with Crippen molar-refractivity contribution in [1.29, 1.82) is 0 Å². The molecule has 3 aromatic heterocycles. The van der Waals surface area contributed by atoms with Crippen LogP contribution in [-0.4, -0.2) is 40.8 Å². The molecule has 0 fully saturated rings. The molecule has 0 bridgehead atoms. The number of imidazole rings is 1. The van der Waals surface area contributed by atoms with Crippen LogP contribution in [0.15, 0.2) is 54.3 Å². The van der Waals surface area contributed by atoms with Gasteiger partial charge in [0.15, 0.2) is 0 Å². The fraction of sp³-hybridized carbons (Fsp3) is 0.261. The molecule has 4 rings (SSSR count). The van der Waals surface area contributed by atoms with Crippen LogP contribution in [0.5, 0.6) is 0 Å². The van der Waals surface area contributed by atoms with E-state index in [1.54, 1.807) is 34.5 Å². The highest BCUT2D eigenvalue weighted by Crippen LogP contribution is 2.21. The first-order valence-electron chi connectivity index (χ1n) is 10.5. The minimum atomic E-state index is -0.925. The van der Waals surface area contributed by atoms with Gasteiger partial charge in [0.1, 0.15) is 12.2 Å². The van der Waals surface area contributed by atoms with Crippen molar-refractivity contribution in [3.8, 4) is 0 Å². The molecule has 0 aliphatic heterocycles. The number of allylic oxidation sites excluding steroid dienone is 1. The van der Waals surface area contributed by atoms with Crippen molar-refractivity contribution in [2.24, 2.45) is 0 Å². The zero-order valence-corrected chi connectivity index (χ0v) is 18.6. The maximum atomic E-state index is 11.2. The number of rotatable bonds is 10. The third kappa shape index (κ3) is 5.17. The number of tetrazole rings is 1. The lowest BCUT2D eigenvalue weighted by molar-refractivity contribution is 0.0697. The van der Waals surface area contributed by atoms with Crippen LogP contribution in [0.1, 0.15) is 52.1 Å². The Balaban J connectivity index is 1.70. The normalized spacial score (nSPS) is 11.7. The van der Waals surface area contributed by atoms with E-state index in [-0.39, 0.29) is 5.56 Å². The highest BCUT2D eigenvalue weighted by Gasteiger charge is 2.13. The minimum Gasteiger partial charge on any atom is -0.478 e. The van der Waals surface area contributed by atoms with Crippen molar-refractivity contribution < 1.29 is 9.90 Å². The van der Waals surface area contributed by atoms with Gasteiger partial charge in [0.05, 0.1) is 23.2 Å². The number of thiophene rings is 1. The van der Waals surface area contributed by atoms with E-state index in [0.29, 0.717) is 13.0 Å². The van der Waals surface area contributed by atoms with Gasteiger partial charge in [-0.05, 0) is 52.1 Å². The number of hydrogen-bond acceptors (Lipinski definition) is 6. The highest BCUT2D eigenvalue weighted by molar-refractivity contribution is 7.10. The van der Waals surface area contributed by atoms with Gasteiger partial charge >= 0.3 is 5.97 Å². The van der Waals surface area contributed by atoms with Gasteiger partial charge in [-0.1, -0.05) is 31.5 Å². The first-order valence-corrected chi connectivity index (χ1v) is 11.3. The molecular formula is C23H24N6O2S. The maximum Gasteiger partial charge on any atom is 0.335 e. The van der Waals surface area contributed by atoms with E-state index in [0.717, 1.165) is 42.0 Å². The Bertz CT molecular complexity index is 1180. The van der Waals surface area contributed by atoms with Crippen LogP contribution in [0.3, 0.4) is 0 Å². The van der Waals surface area contributed by atoms with E-state index < -0.39 is 5.97 Å².